The van der Waals surface area contributed by atoms with Crippen molar-refractivity contribution in [1.82, 2.24) is 15.2 Å². The highest BCUT2D eigenvalue weighted by molar-refractivity contribution is 5.89. The minimum absolute atomic E-state index is 0.0273. The van der Waals surface area contributed by atoms with Crippen LogP contribution in [0.4, 0.5) is 19.3 Å². The maximum atomic E-state index is 13.4. The number of likely N-dealkylation sites (tertiary alicyclic amines) is 1. The fraction of sp³-hybridized carbons (Fsp3) is 0.429. The summed E-state index contributed by atoms with van der Waals surface area (Å²) in [5, 5.41) is 7.37. The number of halogens is 2. The van der Waals surface area contributed by atoms with Gasteiger partial charge >= 0.3 is 6.03 Å². The van der Waals surface area contributed by atoms with E-state index >= 15 is 0 Å². The third kappa shape index (κ3) is 5.77. The summed E-state index contributed by atoms with van der Waals surface area (Å²) < 4.78 is 26.9. The summed E-state index contributed by atoms with van der Waals surface area (Å²) in [5.74, 6) is -1.34. The number of aromatic nitrogens is 1. The van der Waals surface area contributed by atoms with Crippen molar-refractivity contribution in [3.05, 3.63) is 65.9 Å². The number of nitrogens with zero attached hydrogens (tertiary/aromatic N) is 1. The van der Waals surface area contributed by atoms with Crippen LogP contribution in [-0.2, 0) is 4.79 Å². The first kappa shape index (κ1) is 25.2. The van der Waals surface area contributed by atoms with Crippen molar-refractivity contribution in [3.8, 4) is 0 Å². The Morgan fingerprint density at radius 2 is 1.65 bits per heavy atom. The molecule has 2 heterocycles. The molecule has 9 heteroatoms. The Kier molecular flexibility index (Phi) is 7.41. The number of rotatable bonds is 6. The van der Waals surface area contributed by atoms with Gasteiger partial charge in [0.1, 0.15) is 11.6 Å². The summed E-state index contributed by atoms with van der Waals surface area (Å²) in [7, 11) is 0. The largest absolute Gasteiger partial charge is 0.368 e. The van der Waals surface area contributed by atoms with E-state index in [1.807, 2.05) is 6.07 Å². The van der Waals surface area contributed by atoms with Gasteiger partial charge in [-0.25, -0.2) is 13.6 Å². The molecule has 1 atom stereocenters. The molecule has 1 saturated heterocycles. The molecule has 0 bridgehead atoms. The molecule has 1 aliphatic heterocycles. The number of benzene rings is 2. The molecular formula is C28H33F2N5O2. The average molecular weight is 510 g/mol. The molecule has 5 rings (SSSR count). The van der Waals surface area contributed by atoms with Gasteiger partial charge in [-0.3, -0.25) is 4.79 Å². The van der Waals surface area contributed by atoms with Crippen molar-refractivity contribution in [2.24, 2.45) is 11.7 Å². The quantitative estimate of drug-likeness (QED) is 0.382. The Bertz CT molecular complexity index is 1240. The van der Waals surface area contributed by atoms with Gasteiger partial charge in [0, 0.05) is 48.0 Å². The third-order valence-electron chi connectivity index (χ3n) is 7.92. The van der Waals surface area contributed by atoms with E-state index in [9.17, 15) is 18.4 Å². The van der Waals surface area contributed by atoms with Crippen LogP contribution in [0.15, 0.2) is 48.7 Å². The number of piperidine rings is 1. The maximum absolute atomic E-state index is 13.4. The van der Waals surface area contributed by atoms with Crippen LogP contribution >= 0.6 is 0 Å². The van der Waals surface area contributed by atoms with E-state index in [0.29, 0.717) is 31.8 Å². The number of hydrogen-bond acceptors (Lipinski definition) is 3. The maximum Gasteiger partial charge on any atom is 0.321 e. The van der Waals surface area contributed by atoms with Crippen LogP contribution in [0, 0.1) is 17.6 Å². The second kappa shape index (κ2) is 10.9. The number of fused-ring (bicyclic) bond motifs is 1. The lowest BCUT2D eigenvalue weighted by Gasteiger charge is -2.38. The predicted molar refractivity (Wildman–Crippen MR) is 139 cm³/mol. The molecule has 1 aliphatic carbocycles. The third-order valence-corrected chi connectivity index (χ3v) is 7.92. The van der Waals surface area contributed by atoms with Gasteiger partial charge in [-0.15, -0.1) is 0 Å². The fourth-order valence-electron chi connectivity index (χ4n) is 5.97. The van der Waals surface area contributed by atoms with E-state index in [0.717, 1.165) is 49.4 Å². The number of nitrogens with one attached hydrogen (secondary N) is 3. The van der Waals surface area contributed by atoms with Crippen LogP contribution in [0.2, 0.25) is 0 Å². The van der Waals surface area contributed by atoms with E-state index in [4.69, 9.17) is 5.73 Å². The van der Waals surface area contributed by atoms with Crippen molar-refractivity contribution < 1.29 is 18.4 Å². The normalized spacial score (nSPS) is 21.6. The van der Waals surface area contributed by atoms with E-state index in [1.54, 1.807) is 4.90 Å². The number of hydrogen-bond donors (Lipinski definition) is 4. The number of para-hydroxylation sites is 1. The summed E-state index contributed by atoms with van der Waals surface area (Å²) in [6.45, 7) is 0.875. The van der Waals surface area contributed by atoms with Gasteiger partial charge in [0.25, 0.3) is 0 Å². The van der Waals surface area contributed by atoms with E-state index in [1.165, 1.54) is 10.9 Å². The molecule has 3 aromatic rings. The van der Waals surface area contributed by atoms with Crippen molar-refractivity contribution in [3.63, 3.8) is 0 Å². The second-order valence-corrected chi connectivity index (χ2v) is 10.3. The lowest BCUT2D eigenvalue weighted by Crippen LogP contribution is -2.54. The number of H-pyrrole nitrogens is 1. The van der Waals surface area contributed by atoms with Crippen LogP contribution in [0.3, 0.4) is 0 Å². The highest BCUT2D eigenvalue weighted by Crippen LogP contribution is 2.37. The highest BCUT2D eigenvalue weighted by atomic mass is 19.1. The number of anilines is 1. The smallest absolute Gasteiger partial charge is 0.321 e. The molecule has 5 N–H and O–H groups in total. The minimum Gasteiger partial charge on any atom is -0.368 e. The number of primary amides is 1. The highest BCUT2D eigenvalue weighted by Gasteiger charge is 2.34. The number of amides is 3. The van der Waals surface area contributed by atoms with Gasteiger partial charge < -0.3 is 26.3 Å². The molecule has 2 fully saturated rings. The number of aromatic amines is 1. The van der Waals surface area contributed by atoms with Gasteiger partial charge in [0.05, 0.1) is 6.04 Å². The SMILES string of the molecule is NC(=O)C(NC1CCC(c2c[nH]c3ccccc23)CC1)C1CCN(C(=O)Nc2cc(F)cc(F)c2)CC1. The summed E-state index contributed by atoms with van der Waals surface area (Å²) in [5.41, 5.74) is 8.41. The molecule has 2 aromatic carbocycles. The lowest BCUT2D eigenvalue weighted by molar-refractivity contribution is -0.122. The Morgan fingerprint density at radius 3 is 2.32 bits per heavy atom. The molecule has 1 saturated carbocycles. The zero-order chi connectivity index (χ0) is 25.9. The molecule has 196 valence electrons. The van der Waals surface area contributed by atoms with Crippen molar-refractivity contribution >= 4 is 28.5 Å². The van der Waals surface area contributed by atoms with Gasteiger partial charge in [-0.05, 0) is 74.1 Å². The molecule has 0 radical (unpaired) electrons. The van der Waals surface area contributed by atoms with Crippen molar-refractivity contribution in [2.75, 3.05) is 18.4 Å². The zero-order valence-electron chi connectivity index (χ0n) is 20.7. The first-order valence-corrected chi connectivity index (χ1v) is 13.0. The minimum atomic E-state index is -0.750. The number of carbonyl (C=O) groups is 2. The van der Waals surface area contributed by atoms with Crippen LogP contribution < -0.4 is 16.4 Å². The van der Waals surface area contributed by atoms with Gasteiger partial charge in [-0.1, -0.05) is 18.2 Å². The standard InChI is InChI=1S/C28H33F2N5O2/c29-19-13-20(30)15-22(14-19)34-28(37)35-11-9-18(10-12-35)26(27(31)36)33-21-7-5-17(6-8-21)24-16-32-25-4-2-1-3-23(24)25/h1-4,13-18,21,26,32-33H,5-12H2,(H2,31,36)(H,34,37). The Morgan fingerprint density at radius 1 is 0.973 bits per heavy atom. The van der Waals surface area contributed by atoms with Gasteiger partial charge in [-0.2, -0.15) is 0 Å². The van der Waals surface area contributed by atoms with Crippen LogP contribution in [-0.4, -0.2) is 47.0 Å². The van der Waals surface area contributed by atoms with Crippen molar-refractivity contribution in [2.45, 2.75) is 56.5 Å². The molecule has 7 nitrogen and oxygen atoms in total. The van der Waals surface area contributed by atoms with E-state index < -0.39 is 23.7 Å². The molecule has 2 aliphatic rings. The summed E-state index contributed by atoms with van der Waals surface area (Å²) in [6.07, 6.45) is 7.41. The second-order valence-electron chi connectivity index (χ2n) is 10.3. The summed E-state index contributed by atoms with van der Waals surface area (Å²) in [6, 6.07) is 10.6. The van der Waals surface area contributed by atoms with Crippen molar-refractivity contribution in [1.29, 1.82) is 0 Å². The summed E-state index contributed by atoms with van der Waals surface area (Å²) >= 11 is 0. The number of urea groups is 1. The van der Waals surface area contributed by atoms with Gasteiger partial charge in [0.15, 0.2) is 0 Å². The Balaban J connectivity index is 1.13. The first-order chi connectivity index (χ1) is 17.9. The Hall–Kier alpha value is -3.46. The monoisotopic (exact) mass is 509 g/mol. The number of carbonyl (C=O) groups excluding carboxylic acids is 2. The fourth-order valence-corrected chi connectivity index (χ4v) is 5.97. The van der Waals surface area contributed by atoms with Crippen LogP contribution in [0.5, 0.6) is 0 Å². The van der Waals surface area contributed by atoms with E-state index in [-0.39, 0.29) is 23.6 Å². The molecule has 1 unspecified atom stereocenters. The van der Waals surface area contributed by atoms with E-state index in [2.05, 4.69) is 40.0 Å². The Labute approximate surface area is 214 Å². The average Bonchev–Trinajstić information content (AvgIpc) is 3.31. The molecule has 1 aromatic heterocycles. The first-order valence-electron chi connectivity index (χ1n) is 13.0. The lowest BCUT2D eigenvalue weighted by atomic mass is 9.80. The molecule has 37 heavy (non-hydrogen) atoms. The zero-order valence-corrected chi connectivity index (χ0v) is 20.7. The number of nitrogens with two attached hydrogens (primary N) is 1. The van der Waals surface area contributed by atoms with Crippen LogP contribution in [0.25, 0.3) is 10.9 Å². The molecule has 0 spiro atoms. The topological polar surface area (TPSA) is 103 Å². The van der Waals surface area contributed by atoms with Crippen LogP contribution in [0.1, 0.15) is 50.0 Å². The summed E-state index contributed by atoms with van der Waals surface area (Å²) in [4.78, 5) is 29.9. The van der Waals surface area contributed by atoms with Gasteiger partial charge in [0.2, 0.25) is 5.91 Å². The predicted octanol–water partition coefficient (Wildman–Crippen LogP) is 4.86. The molecule has 3 amide bonds. The molecular weight excluding hydrogens is 476 g/mol.